The third-order valence-corrected chi connectivity index (χ3v) is 4.29. The number of rotatable bonds is 8. The Morgan fingerprint density at radius 2 is 1.79 bits per heavy atom. The van der Waals surface area contributed by atoms with E-state index in [0.717, 1.165) is 11.1 Å². The van der Waals surface area contributed by atoms with E-state index in [0.29, 0.717) is 24.3 Å². The van der Waals surface area contributed by atoms with Crippen molar-refractivity contribution >= 4 is 11.9 Å². The number of esters is 1. The monoisotopic (exact) mass is 389 g/mol. The molecule has 3 aromatic rings. The van der Waals surface area contributed by atoms with Gasteiger partial charge < -0.3 is 10.1 Å². The Labute approximate surface area is 169 Å². The summed E-state index contributed by atoms with van der Waals surface area (Å²) in [6.07, 6.45) is 2.29. The molecule has 1 aromatic heterocycles. The first kappa shape index (κ1) is 20.1. The maximum Gasteiger partial charge on any atom is 0.342 e. The van der Waals surface area contributed by atoms with Crippen LogP contribution in [-0.2, 0) is 16.1 Å². The zero-order chi connectivity index (χ0) is 20.6. The van der Waals surface area contributed by atoms with Crippen molar-refractivity contribution in [2.75, 3.05) is 6.54 Å². The largest absolute Gasteiger partial charge is 0.449 e. The summed E-state index contributed by atoms with van der Waals surface area (Å²) in [6, 6.07) is 19.3. The minimum Gasteiger partial charge on any atom is -0.449 e. The Kier molecular flexibility index (Phi) is 6.58. The summed E-state index contributed by atoms with van der Waals surface area (Å²) in [5, 5.41) is 7.22. The van der Waals surface area contributed by atoms with Gasteiger partial charge in [-0.05, 0) is 12.5 Å². The first-order chi connectivity index (χ1) is 14.1. The van der Waals surface area contributed by atoms with Crippen molar-refractivity contribution in [3.63, 3.8) is 0 Å². The van der Waals surface area contributed by atoms with Gasteiger partial charge in [-0.25, -0.2) is 4.79 Å². The molecule has 0 unspecified atom stereocenters. The van der Waals surface area contributed by atoms with E-state index < -0.39 is 12.1 Å². The van der Waals surface area contributed by atoms with Crippen LogP contribution >= 0.6 is 0 Å². The smallest absolute Gasteiger partial charge is 0.342 e. The highest BCUT2D eigenvalue weighted by Crippen LogP contribution is 2.23. The van der Waals surface area contributed by atoms with Crippen LogP contribution in [0.25, 0.3) is 11.3 Å². The van der Waals surface area contributed by atoms with Gasteiger partial charge in [-0.15, -0.1) is 6.58 Å². The average molecular weight is 389 g/mol. The molecule has 3 rings (SSSR count). The van der Waals surface area contributed by atoms with E-state index >= 15 is 0 Å². The molecule has 0 bridgehead atoms. The van der Waals surface area contributed by atoms with Crippen molar-refractivity contribution < 1.29 is 14.3 Å². The lowest BCUT2D eigenvalue weighted by molar-refractivity contribution is -0.128. The molecule has 0 aliphatic carbocycles. The van der Waals surface area contributed by atoms with Gasteiger partial charge in [-0.2, -0.15) is 5.10 Å². The number of aromatic nitrogens is 2. The molecule has 0 aliphatic heterocycles. The van der Waals surface area contributed by atoms with Crippen molar-refractivity contribution in [1.82, 2.24) is 15.1 Å². The molecule has 0 spiro atoms. The van der Waals surface area contributed by atoms with Crippen LogP contribution in [0.1, 0.15) is 22.8 Å². The van der Waals surface area contributed by atoms with Crippen molar-refractivity contribution in [3.05, 3.63) is 90.6 Å². The predicted octanol–water partition coefficient (Wildman–Crippen LogP) is 3.45. The van der Waals surface area contributed by atoms with Gasteiger partial charge in [0.1, 0.15) is 11.3 Å². The zero-order valence-corrected chi connectivity index (χ0v) is 16.2. The first-order valence-corrected chi connectivity index (χ1v) is 9.35. The van der Waals surface area contributed by atoms with Crippen LogP contribution in [0.3, 0.4) is 0 Å². The van der Waals surface area contributed by atoms with Crippen LogP contribution in [-0.4, -0.2) is 34.3 Å². The lowest BCUT2D eigenvalue weighted by atomic mass is 10.1. The number of hydrogen-bond donors (Lipinski definition) is 1. The van der Waals surface area contributed by atoms with Gasteiger partial charge in [0.05, 0.1) is 6.54 Å². The summed E-state index contributed by atoms with van der Waals surface area (Å²) in [5.74, 6) is -0.972. The van der Waals surface area contributed by atoms with E-state index in [1.807, 2.05) is 60.7 Å². The Balaban J connectivity index is 1.86. The van der Waals surface area contributed by atoms with Crippen LogP contribution in [0.2, 0.25) is 0 Å². The SMILES string of the molecule is C=CCNC(=O)[C@H](C)OC(=O)c1cn(Cc2ccccc2)nc1-c1ccccc1. The van der Waals surface area contributed by atoms with Gasteiger partial charge in [-0.3, -0.25) is 9.48 Å². The fourth-order valence-corrected chi connectivity index (χ4v) is 2.83. The normalized spacial score (nSPS) is 11.5. The molecule has 0 radical (unpaired) electrons. The Bertz CT molecular complexity index is 981. The summed E-state index contributed by atoms with van der Waals surface area (Å²) in [7, 11) is 0. The van der Waals surface area contributed by atoms with Gasteiger partial charge in [0, 0.05) is 18.3 Å². The molecule has 2 aromatic carbocycles. The van der Waals surface area contributed by atoms with Crippen molar-refractivity contribution in [3.8, 4) is 11.3 Å². The molecule has 1 heterocycles. The number of hydrogen-bond acceptors (Lipinski definition) is 4. The quantitative estimate of drug-likeness (QED) is 0.473. The summed E-state index contributed by atoms with van der Waals surface area (Å²) in [6.45, 7) is 5.91. The molecular weight excluding hydrogens is 366 g/mol. The molecule has 148 valence electrons. The highest BCUT2D eigenvalue weighted by atomic mass is 16.5. The number of nitrogens with zero attached hydrogens (tertiary/aromatic N) is 2. The van der Waals surface area contributed by atoms with Gasteiger partial charge in [0.2, 0.25) is 0 Å². The molecule has 1 atom stereocenters. The average Bonchev–Trinajstić information content (AvgIpc) is 3.17. The standard InChI is InChI=1S/C23H23N3O3/c1-3-14-24-22(27)17(2)29-23(28)20-16-26(15-18-10-6-4-7-11-18)25-21(20)19-12-8-5-9-13-19/h3-13,16-17H,1,14-15H2,2H3,(H,24,27)/t17-/m0/s1. The van der Waals surface area contributed by atoms with E-state index in [2.05, 4.69) is 17.0 Å². The van der Waals surface area contributed by atoms with E-state index in [9.17, 15) is 9.59 Å². The molecule has 1 N–H and O–H groups in total. The number of carbonyl (C=O) groups is 2. The van der Waals surface area contributed by atoms with Crippen molar-refractivity contribution in [1.29, 1.82) is 0 Å². The second kappa shape index (κ2) is 9.50. The van der Waals surface area contributed by atoms with E-state index in [1.165, 1.54) is 6.92 Å². The Hall–Kier alpha value is -3.67. The molecule has 0 fully saturated rings. The van der Waals surface area contributed by atoms with E-state index in [4.69, 9.17) is 4.74 Å². The van der Waals surface area contributed by atoms with Gasteiger partial charge in [-0.1, -0.05) is 66.7 Å². The summed E-state index contributed by atoms with van der Waals surface area (Å²) < 4.78 is 7.09. The number of benzene rings is 2. The highest BCUT2D eigenvalue weighted by Gasteiger charge is 2.23. The van der Waals surface area contributed by atoms with Gasteiger partial charge in [0.25, 0.3) is 5.91 Å². The molecule has 0 aliphatic rings. The third kappa shape index (κ3) is 5.19. The molecule has 6 nitrogen and oxygen atoms in total. The third-order valence-electron chi connectivity index (χ3n) is 4.29. The minimum absolute atomic E-state index is 0.311. The minimum atomic E-state index is -0.927. The van der Waals surface area contributed by atoms with Crippen molar-refractivity contribution in [2.24, 2.45) is 0 Å². The Morgan fingerprint density at radius 1 is 1.14 bits per heavy atom. The molecular formula is C23H23N3O3. The molecule has 1 amide bonds. The summed E-state index contributed by atoms with van der Waals surface area (Å²) >= 11 is 0. The lowest BCUT2D eigenvalue weighted by Gasteiger charge is -2.12. The fourth-order valence-electron chi connectivity index (χ4n) is 2.83. The van der Waals surface area contributed by atoms with Crippen LogP contribution in [0.15, 0.2) is 79.5 Å². The summed E-state index contributed by atoms with van der Waals surface area (Å²) in [4.78, 5) is 24.8. The molecule has 0 saturated heterocycles. The lowest BCUT2D eigenvalue weighted by Crippen LogP contribution is -2.35. The second-order valence-electron chi connectivity index (χ2n) is 6.52. The first-order valence-electron chi connectivity index (χ1n) is 9.35. The van der Waals surface area contributed by atoms with Crippen LogP contribution < -0.4 is 5.32 Å². The van der Waals surface area contributed by atoms with Crippen LogP contribution in [0, 0.1) is 0 Å². The zero-order valence-electron chi connectivity index (χ0n) is 16.2. The number of nitrogens with one attached hydrogen (secondary N) is 1. The number of carbonyl (C=O) groups excluding carboxylic acids is 2. The maximum atomic E-state index is 12.8. The number of ether oxygens (including phenoxy) is 1. The Morgan fingerprint density at radius 3 is 2.45 bits per heavy atom. The topological polar surface area (TPSA) is 73.2 Å². The molecule has 29 heavy (non-hydrogen) atoms. The van der Waals surface area contributed by atoms with Crippen LogP contribution in [0.4, 0.5) is 0 Å². The molecule has 0 saturated carbocycles. The van der Waals surface area contributed by atoms with Gasteiger partial charge >= 0.3 is 5.97 Å². The van der Waals surface area contributed by atoms with E-state index in [1.54, 1.807) is 17.0 Å². The second-order valence-corrected chi connectivity index (χ2v) is 6.52. The van der Waals surface area contributed by atoms with Crippen molar-refractivity contribution in [2.45, 2.75) is 19.6 Å². The predicted molar refractivity (Wildman–Crippen MR) is 111 cm³/mol. The molecule has 6 heteroatoms. The fraction of sp³-hybridized carbons (Fsp3) is 0.174. The number of amides is 1. The highest BCUT2D eigenvalue weighted by molar-refractivity contribution is 5.97. The summed E-state index contributed by atoms with van der Waals surface area (Å²) in [5.41, 5.74) is 2.70. The van der Waals surface area contributed by atoms with Gasteiger partial charge in [0.15, 0.2) is 6.10 Å². The maximum absolute atomic E-state index is 12.8. The van der Waals surface area contributed by atoms with Crippen LogP contribution in [0.5, 0.6) is 0 Å². The van der Waals surface area contributed by atoms with E-state index in [-0.39, 0.29) is 5.91 Å².